The fraction of sp³-hybridized carbons (Fsp3) is 0.278. The maximum Gasteiger partial charge on any atom is 0.173 e. The Bertz CT molecular complexity index is 679. The lowest BCUT2D eigenvalue weighted by Gasteiger charge is -2.31. The third-order valence-corrected chi connectivity index (χ3v) is 4.41. The maximum atomic E-state index is 5.60. The first-order chi connectivity index (χ1) is 10.1. The van der Waals surface area contributed by atoms with E-state index >= 15 is 0 Å². The molecule has 0 radical (unpaired) electrons. The van der Waals surface area contributed by atoms with Gasteiger partial charge in [0.1, 0.15) is 0 Å². The number of hydrogen-bond acceptors (Lipinski definition) is 1. The van der Waals surface area contributed by atoms with E-state index in [1.54, 1.807) is 0 Å². The largest absolute Gasteiger partial charge is 0.344 e. The summed E-state index contributed by atoms with van der Waals surface area (Å²) in [4.78, 5) is 2.25. The zero-order chi connectivity index (χ0) is 14.8. The number of thiocarbonyl (C=S) groups is 1. The molecular weight excluding hydrogens is 276 g/mol. The molecule has 3 heteroatoms. The second-order valence-electron chi connectivity index (χ2n) is 5.69. The van der Waals surface area contributed by atoms with Gasteiger partial charge in [-0.25, -0.2) is 0 Å². The molecule has 0 spiro atoms. The minimum Gasteiger partial charge on any atom is -0.344 e. The average Bonchev–Trinajstić information content (AvgIpc) is 2.50. The molecule has 1 aliphatic rings. The Hall–Kier alpha value is -1.87. The Balaban J connectivity index is 1.74. The predicted octanol–water partition coefficient (Wildman–Crippen LogP) is 4.06. The number of nitrogens with zero attached hydrogens (tertiary/aromatic N) is 1. The molecule has 0 saturated carbocycles. The van der Waals surface area contributed by atoms with E-state index in [0.717, 1.165) is 30.3 Å². The molecular formula is C18H20N2S. The molecule has 3 rings (SSSR count). The van der Waals surface area contributed by atoms with Crippen LogP contribution in [0, 0.1) is 13.8 Å². The van der Waals surface area contributed by atoms with Crippen molar-refractivity contribution >= 4 is 23.0 Å². The van der Waals surface area contributed by atoms with Crippen LogP contribution >= 0.6 is 12.2 Å². The Morgan fingerprint density at radius 1 is 1.10 bits per heavy atom. The van der Waals surface area contributed by atoms with Crippen molar-refractivity contribution in [3.63, 3.8) is 0 Å². The van der Waals surface area contributed by atoms with Crippen LogP contribution in [0.2, 0.25) is 0 Å². The molecule has 0 fully saturated rings. The number of aryl methyl sites for hydroxylation is 2. The Labute approximate surface area is 131 Å². The summed E-state index contributed by atoms with van der Waals surface area (Å²) < 4.78 is 0. The standard InChI is InChI=1S/C18H20N2S/c1-13-7-8-14(2)17(11-13)19-18(21)20-10-9-15-5-3-4-6-16(15)12-20/h3-8,11H,9-10,12H2,1-2H3,(H,19,21). The molecule has 2 aromatic carbocycles. The lowest BCUT2D eigenvalue weighted by atomic mass is 10.0. The highest BCUT2D eigenvalue weighted by Gasteiger charge is 2.18. The van der Waals surface area contributed by atoms with E-state index in [4.69, 9.17) is 12.2 Å². The average molecular weight is 296 g/mol. The summed E-state index contributed by atoms with van der Waals surface area (Å²) in [5, 5.41) is 4.23. The number of anilines is 1. The summed E-state index contributed by atoms with van der Waals surface area (Å²) in [6, 6.07) is 15.0. The number of nitrogens with one attached hydrogen (secondary N) is 1. The minimum atomic E-state index is 0.818. The van der Waals surface area contributed by atoms with E-state index in [9.17, 15) is 0 Å². The van der Waals surface area contributed by atoms with Gasteiger partial charge in [-0.2, -0.15) is 0 Å². The van der Waals surface area contributed by atoms with E-state index < -0.39 is 0 Å². The predicted molar refractivity (Wildman–Crippen MR) is 92.7 cm³/mol. The van der Waals surface area contributed by atoms with E-state index in [-0.39, 0.29) is 0 Å². The second kappa shape index (κ2) is 5.86. The van der Waals surface area contributed by atoms with Crippen molar-refractivity contribution in [2.45, 2.75) is 26.8 Å². The zero-order valence-electron chi connectivity index (χ0n) is 12.5. The van der Waals surface area contributed by atoms with Gasteiger partial charge in [0.2, 0.25) is 0 Å². The van der Waals surface area contributed by atoms with Gasteiger partial charge in [0.25, 0.3) is 0 Å². The fourth-order valence-corrected chi connectivity index (χ4v) is 3.00. The smallest absolute Gasteiger partial charge is 0.173 e. The lowest BCUT2D eigenvalue weighted by Crippen LogP contribution is -2.38. The Kier molecular flexibility index (Phi) is 3.93. The Morgan fingerprint density at radius 3 is 2.67 bits per heavy atom. The van der Waals surface area contributed by atoms with Crippen molar-refractivity contribution in [1.82, 2.24) is 4.90 Å². The van der Waals surface area contributed by atoms with Gasteiger partial charge >= 0.3 is 0 Å². The second-order valence-corrected chi connectivity index (χ2v) is 6.08. The summed E-state index contributed by atoms with van der Waals surface area (Å²) in [6.07, 6.45) is 1.06. The van der Waals surface area contributed by atoms with Crippen LogP contribution in [0.15, 0.2) is 42.5 Å². The molecule has 1 heterocycles. The third kappa shape index (κ3) is 3.08. The molecule has 0 amide bonds. The van der Waals surface area contributed by atoms with Gasteiger partial charge in [0.05, 0.1) is 0 Å². The van der Waals surface area contributed by atoms with Gasteiger partial charge in [-0.1, -0.05) is 36.4 Å². The molecule has 0 unspecified atom stereocenters. The van der Waals surface area contributed by atoms with Crippen LogP contribution in [-0.2, 0) is 13.0 Å². The number of hydrogen-bond donors (Lipinski definition) is 1. The highest BCUT2D eigenvalue weighted by molar-refractivity contribution is 7.80. The van der Waals surface area contributed by atoms with E-state index in [1.807, 2.05) is 0 Å². The number of fused-ring (bicyclic) bond motifs is 1. The molecule has 0 aromatic heterocycles. The molecule has 2 aromatic rings. The molecule has 2 nitrogen and oxygen atoms in total. The van der Waals surface area contributed by atoms with Crippen molar-refractivity contribution in [2.75, 3.05) is 11.9 Å². The van der Waals surface area contributed by atoms with Crippen molar-refractivity contribution in [3.05, 3.63) is 64.7 Å². The first-order valence-corrected chi connectivity index (χ1v) is 7.74. The molecule has 1 N–H and O–H groups in total. The summed E-state index contributed by atoms with van der Waals surface area (Å²) in [6.45, 7) is 6.08. The quantitative estimate of drug-likeness (QED) is 0.799. The van der Waals surface area contributed by atoms with E-state index in [2.05, 4.69) is 66.5 Å². The monoisotopic (exact) mass is 296 g/mol. The van der Waals surface area contributed by atoms with Gasteiger partial charge in [0, 0.05) is 18.8 Å². The number of benzene rings is 2. The lowest BCUT2D eigenvalue weighted by molar-refractivity contribution is 0.399. The molecule has 0 aliphatic carbocycles. The van der Waals surface area contributed by atoms with E-state index in [0.29, 0.717) is 0 Å². The molecule has 0 saturated heterocycles. The number of rotatable bonds is 1. The summed E-state index contributed by atoms with van der Waals surface area (Å²) in [5.74, 6) is 0. The van der Waals surface area contributed by atoms with Gasteiger partial charge in [0.15, 0.2) is 5.11 Å². The van der Waals surface area contributed by atoms with Crippen molar-refractivity contribution in [2.24, 2.45) is 0 Å². The van der Waals surface area contributed by atoms with Crippen LogP contribution in [0.4, 0.5) is 5.69 Å². The highest BCUT2D eigenvalue weighted by Crippen LogP contribution is 2.21. The highest BCUT2D eigenvalue weighted by atomic mass is 32.1. The van der Waals surface area contributed by atoms with Crippen molar-refractivity contribution in [1.29, 1.82) is 0 Å². The normalized spacial score (nSPS) is 13.7. The zero-order valence-corrected chi connectivity index (χ0v) is 13.3. The molecule has 108 valence electrons. The van der Waals surface area contributed by atoms with Gasteiger partial charge in [-0.15, -0.1) is 0 Å². The molecule has 0 bridgehead atoms. The molecule has 1 aliphatic heterocycles. The van der Waals surface area contributed by atoms with Crippen molar-refractivity contribution in [3.8, 4) is 0 Å². The van der Waals surface area contributed by atoms with Gasteiger partial charge < -0.3 is 10.2 Å². The molecule has 0 atom stereocenters. The van der Waals surface area contributed by atoms with Gasteiger partial charge in [-0.05, 0) is 60.8 Å². The topological polar surface area (TPSA) is 15.3 Å². The van der Waals surface area contributed by atoms with Crippen LogP contribution in [0.5, 0.6) is 0 Å². The summed E-state index contributed by atoms with van der Waals surface area (Å²) in [5.41, 5.74) is 6.41. The minimum absolute atomic E-state index is 0.818. The van der Waals surface area contributed by atoms with Crippen LogP contribution < -0.4 is 5.32 Å². The van der Waals surface area contributed by atoms with Crippen LogP contribution in [0.3, 0.4) is 0 Å². The van der Waals surface area contributed by atoms with Crippen LogP contribution in [-0.4, -0.2) is 16.6 Å². The summed E-state index contributed by atoms with van der Waals surface area (Å²) in [7, 11) is 0. The fourth-order valence-electron chi connectivity index (χ4n) is 2.73. The first kappa shape index (κ1) is 14.1. The molecule has 21 heavy (non-hydrogen) atoms. The first-order valence-electron chi connectivity index (χ1n) is 7.33. The third-order valence-electron chi connectivity index (χ3n) is 4.05. The van der Waals surface area contributed by atoms with Gasteiger partial charge in [-0.3, -0.25) is 0 Å². The SMILES string of the molecule is Cc1ccc(C)c(NC(=S)N2CCc3ccccc3C2)c1. The maximum absolute atomic E-state index is 5.60. The van der Waals surface area contributed by atoms with Crippen LogP contribution in [0.25, 0.3) is 0 Å². The Morgan fingerprint density at radius 2 is 1.86 bits per heavy atom. The van der Waals surface area contributed by atoms with Crippen molar-refractivity contribution < 1.29 is 0 Å². The van der Waals surface area contributed by atoms with E-state index in [1.165, 1.54) is 22.3 Å². The van der Waals surface area contributed by atoms with Crippen LogP contribution in [0.1, 0.15) is 22.3 Å². The summed E-state index contributed by atoms with van der Waals surface area (Å²) >= 11 is 5.60.